The van der Waals surface area contributed by atoms with Gasteiger partial charge in [0.25, 0.3) is 0 Å². The van der Waals surface area contributed by atoms with Crippen molar-refractivity contribution in [1.29, 1.82) is 0 Å². The van der Waals surface area contributed by atoms with Crippen LogP contribution in [0.3, 0.4) is 0 Å². The molecule has 1 heterocycles. The standard InChI is InChI=1S/C13H19NOS/c1-3-15-12-4-5-13(10(2)8-12)14-11-6-7-16-9-11/h4-5,8,11,14H,3,6-7,9H2,1-2H3. The molecule has 2 rings (SSSR count). The second kappa shape index (κ2) is 5.48. The van der Waals surface area contributed by atoms with Gasteiger partial charge in [-0.3, -0.25) is 0 Å². The first-order valence-electron chi connectivity index (χ1n) is 5.87. The number of aryl methyl sites for hydroxylation is 1. The van der Waals surface area contributed by atoms with Crippen LogP contribution in [0.1, 0.15) is 18.9 Å². The van der Waals surface area contributed by atoms with E-state index in [9.17, 15) is 0 Å². The van der Waals surface area contributed by atoms with Crippen LogP contribution in [-0.4, -0.2) is 24.2 Å². The molecule has 2 nitrogen and oxygen atoms in total. The Hall–Kier alpha value is -0.830. The number of nitrogens with one attached hydrogen (secondary N) is 1. The van der Waals surface area contributed by atoms with E-state index < -0.39 is 0 Å². The summed E-state index contributed by atoms with van der Waals surface area (Å²) in [5, 5.41) is 3.60. The first kappa shape index (κ1) is 11.6. The highest BCUT2D eigenvalue weighted by Gasteiger charge is 2.15. The largest absolute Gasteiger partial charge is 0.494 e. The molecule has 1 aromatic carbocycles. The van der Waals surface area contributed by atoms with Gasteiger partial charge in [-0.15, -0.1) is 0 Å². The molecule has 1 fully saturated rings. The monoisotopic (exact) mass is 237 g/mol. The topological polar surface area (TPSA) is 21.3 Å². The van der Waals surface area contributed by atoms with Crippen molar-refractivity contribution < 1.29 is 4.74 Å². The van der Waals surface area contributed by atoms with E-state index in [1.54, 1.807) is 0 Å². The fraction of sp³-hybridized carbons (Fsp3) is 0.538. The molecule has 1 aliphatic rings. The molecule has 0 bridgehead atoms. The number of hydrogen-bond donors (Lipinski definition) is 1. The van der Waals surface area contributed by atoms with Crippen molar-refractivity contribution >= 4 is 17.4 Å². The van der Waals surface area contributed by atoms with E-state index in [-0.39, 0.29) is 0 Å². The molecule has 1 N–H and O–H groups in total. The van der Waals surface area contributed by atoms with E-state index in [2.05, 4.69) is 24.4 Å². The lowest BCUT2D eigenvalue weighted by Gasteiger charge is -2.16. The Morgan fingerprint density at radius 3 is 3.00 bits per heavy atom. The van der Waals surface area contributed by atoms with Crippen molar-refractivity contribution in [2.24, 2.45) is 0 Å². The normalized spacial score (nSPS) is 19.8. The third-order valence-corrected chi connectivity index (χ3v) is 3.96. The van der Waals surface area contributed by atoms with Crippen LogP contribution in [0.4, 0.5) is 5.69 Å². The molecular formula is C13H19NOS. The van der Waals surface area contributed by atoms with Gasteiger partial charge in [-0.05, 0) is 49.8 Å². The van der Waals surface area contributed by atoms with Gasteiger partial charge in [0.05, 0.1) is 6.61 Å². The Morgan fingerprint density at radius 2 is 2.38 bits per heavy atom. The fourth-order valence-electron chi connectivity index (χ4n) is 1.92. The molecule has 3 heteroatoms. The summed E-state index contributed by atoms with van der Waals surface area (Å²) in [6, 6.07) is 6.92. The van der Waals surface area contributed by atoms with E-state index in [0.29, 0.717) is 6.04 Å². The van der Waals surface area contributed by atoms with Crippen molar-refractivity contribution in [3.8, 4) is 5.75 Å². The lowest BCUT2D eigenvalue weighted by atomic mass is 10.1. The summed E-state index contributed by atoms with van der Waals surface area (Å²) in [5.41, 5.74) is 2.51. The quantitative estimate of drug-likeness (QED) is 0.868. The van der Waals surface area contributed by atoms with Crippen LogP contribution in [0.25, 0.3) is 0 Å². The summed E-state index contributed by atoms with van der Waals surface area (Å²) in [7, 11) is 0. The predicted molar refractivity (Wildman–Crippen MR) is 71.7 cm³/mol. The molecular weight excluding hydrogens is 218 g/mol. The van der Waals surface area contributed by atoms with Crippen LogP contribution in [0.2, 0.25) is 0 Å². The fourth-order valence-corrected chi connectivity index (χ4v) is 3.08. The minimum Gasteiger partial charge on any atom is -0.494 e. The Bertz CT molecular complexity index is 348. The average molecular weight is 237 g/mol. The zero-order chi connectivity index (χ0) is 11.4. The van der Waals surface area contributed by atoms with Gasteiger partial charge < -0.3 is 10.1 Å². The van der Waals surface area contributed by atoms with Crippen molar-refractivity contribution in [1.82, 2.24) is 0 Å². The number of thioether (sulfide) groups is 1. The summed E-state index contributed by atoms with van der Waals surface area (Å²) in [4.78, 5) is 0. The molecule has 0 aliphatic carbocycles. The SMILES string of the molecule is CCOc1ccc(NC2CCSC2)c(C)c1. The second-order valence-corrected chi connectivity index (χ2v) is 5.26. The summed E-state index contributed by atoms with van der Waals surface area (Å²) in [5.74, 6) is 3.48. The maximum Gasteiger partial charge on any atom is 0.119 e. The molecule has 16 heavy (non-hydrogen) atoms. The van der Waals surface area contributed by atoms with Crippen LogP contribution in [-0.2, 0) is 0 Å². The molecule has 0 spiro atoms. The molecule has 1 atom stereocenters. The van der Waals surface area contributed by atoms with Crippen molar-refractivity contribution in [3.05, 3.63) is 23.8 Å². The number of anilines is 1. The molecule has 1 aromatic rings. The lowest BCUT2D eigenvalue weighted by molar-refractivity contribution is 0.340. The van der Waals surface area contributed by atoms with E-state index in [4.69, 9.17) is 4.74 Å². The van der Waals surface area contributed by atoms with E-state index >= 15 is 0 Å². The predicted octanol–water partition coefficient (Wildman–Crippen LogP) is 3.31. The molecule has 0 aromatic heterocycles. The highest BCUT2D eigenvalue weighted by molar-refractivity contribution is 7.99. The molecule has 0 amide bonds. The second-order valence-electron chi connectivity index (χ2n) is 4.11. The van der Waals surface area contributed by atoms with Crippen molar-refractivity contribution in [2.75, 3.05) is 23.4 Å². The van der Waals surface area contributed by atoms with Gasteiger partial charge >= 0.3 is 0 Å². The summed E-state index contributed by atoms with van der Waals surface area (Å²) in [6.45, 7) is 4.87. The number of rotatable bonds is 4. The van der Waals surface area contributed by atoms with Crippen LogP contribution in [0, 0.1) is 6.92 Å². The molecule has 1 aliphatic heterocycles. The van der Waals surface area contributed by atoms with Crippen LogP contribution in [0.5, 0.6) is 5.75 Å². The average Bonchev–Trinajstić information content (AvgIpc) is 2.75. The van der Waals surface area contributed by atoms with Gasteiger partial charge in [0.1, 0.15) is 5.75 Å². The van der Waals surface area contributed by atoms with Crippen LogP contribution >= 0.6 is 11.8 Å². The zero-order valence-corrected chi connectivity index (χ0v) is 10.8. The van der Waals surface area contributed by atoms with E-state index in [1.165, 1.54) is 29.2 Å². The molecule has 88 valence electrons. The number of ether oxygens (including phenoxy) is 1. The van der Waals surface area contributed by atoms with Gasteiger partial charge in [-0.25, -0.2) is 0 Å². The third-order valence-electron chi connectivity index (χ3n) is 2.80. The third kappa shape index (κ3) is 2.85. The number of benzene rings is 1. The van der Waals surface area contributed by atoms with Gasteiger partial charge in [0.2, 0.25) is 0 Å². The maximum atomic E-state index is 5.48. The van der Waals surface area contributed by atoms with Gasteiger partial charge in [0.15, 0.2) is 0 Å². The highest BCUT2D eigenvalue weighted by Crippen LogP contribution is 2.25. The molecule has 0 radical (unpaired) electrons. The Labute approximate surface area is 102 Å². The Morgan fingerprint density at radius 1 is 1.50 bits per heavy atom. The maximum absolute atomic E-state index is 5.48. The number of hydrogen-bond acceptors (Lipinski definition) is 3. The van der Waals surface area contributed by atoms with E-state index in [1.807, 2.05) is 24.8 Å². The van der Waals surface area contributed by atoms with Gasteiger partial charge in [0, 0.05) is 17.5 Å². The van der Waals surface area contributed by atoms with Crippen LogP contribution in [0.15, 0.2) is 18.2 Å². The first-order valence-corrected chi connectivity index (χ1v) is 7.03. The molecule has 0 saturated carbocycles. The highest BCUT2D eigenvalue weighted by atomic mass is 32.2. The summed E-state index contributed by atoms with van der Waals surface area (Å²) in [6.07, 6.45) is 1.28. The summed E-state index contributed by atoms with van der Waals surface area (Å²) >= 11 is 2.03. The van der Waals surface area contributed by atoms with Crippen molar-refractivity contribution in [2.45, 2.75) is 26.3 Å². The molecule has 1 saturated heterocycles. The summed E-state index contributed by atoms with van der Waals surface area (Å²) < 4.78 is 5.48. The minimum absolute atomic E-state index is 0.640. The minimum atomic E-state index is 0.640. The zero-order valence-electron chi connectivity index (χ0n) is 9.95. The first-order chi connectivity index (χ1) is 7.79. The van der Waals surface area contributed by atoms with Gasteiger partial charge in [-0.1, -0.05) is 0 Å². The smallest absolute Gasteiger partial charge is 0.119 e. The molecule has 1 unspecified atom stereocenters. The Balaban J connectivity index is 2.03. The van der Waals surface area contributed by atoms with E-state index in [0.717, 1.165) is 12.4 Å². The Kier molecular flexibility index (Phi) is 3.99. The van der Waals surface area contributed by atoms with Gasteiger partial charge in [-0.2, -0.15) is 11.8 Å². The van der Waals surface area contributed by atoms with Crippen LogP contribution < -0.4 is 10.1 Å². The lowest BCUT2D eigenvalue weighted by Crippen LogP contribution is -2.18. The van der Waals surface area contributed by atoms with Crippen molar-refractivity contribution in [3.63, 3.8) is 0 Å².